The number of carboxylic acids is 1. The van der Waals surface area contributed by atoms with Crippen LogP contribution in [0.15, 0.2) is 0 Å². The fourth-order valence-corrected chi connectivity index (χ4v) is 2.91. The van der Waals surface area contributed by atoms with Crippen LogP contribution in [0.1, 0.15) is 33.1 Å². The molecular weight excluding hydrogens is 266 g/mol. The van der Waals surface area contributed by atoms with Crippen LogP contribution in [-0.4, -0.2) is 54.6 Å². The molecule has 0 spiro atoms. The van der Waals surface area contributed by atoms with Gasteiger partial charge in [-0.2, -0.15) is 0 Å². The second-order valence-corrected chi connectivity index (χ2v) is 6.14. The monoisotopic (exact) mass is 292 g/mol. The standard InChI is InChI=1S/C14H26F2N2O2/c1-10(2)7-18-8-11(3-4-14(19)20)5-12(9-18)17-6-13(15)16/h10-13,17H,3-9H2,1-2H3,(H,19,20). The Kier molecular flexibility index (Phi) is 7.37. The van der Waals surface area contributed by atoms with Crippen molar-refractivity contribution in [2.24, 2.45) is 11.8 Å². The first-order chi connectivity index (χ1) is 9.36. The summed E-state index contributed by atoms with van der Waals surface area (Å²) in [4.78, 5) is 12.9. The molecule has 0 saturated carbocycles. The Morgan fingerprint density at radius 3 is 2.65 bits per heavy atom. The first-order valence-corrected chi connectivity index (χ1v) is 7.32. The number of nitrogens with zero attached hydrogens (tertiary/aromatic N) is 1. The number of nitrogens with one attached hydrogen (secondary N) is 1. The van der Waals surface area contributed by atoms with Crippen molar-refractivity contribution in [1.82, 2.24) is 10.2 Å². The zero-order valence-corrected chi connectivity index (χ0v) is 12.3. The maximum atomic E-state index is 12.3. The number of likely N-dealkylation sites (tertiary alicyclic amines) is 1. The van der Waals surface area contributed by atoms with Crippen molar-refractivity contribution in [2.75, 3.05) is 26.2 Å². The summed E-state index contributed by atoms with van der Waals surface area (Å²) >= 11 is 0. The zero-order valence-electron chi connectivity index (χ0n) is 12.3. The summed E-state index contributed by atoms with van der Waals surface area (Å²) in [6, 6.07) is 0.0373. The van der Waals surface area contributed by atoms with Crippen molar-refractivity contribution in [3.05, 3.63) is 0 Å². The predicted octanol–water partition coefficient (Wildman–Crippen LogP) is 2.05. The SMILES string of the molecule is CC(C)CN1CC(CCC(=O)O)CC(NCC(F)F)C1. The van der Waals surface area contributed by atoms with Crippen LogP contribution in [0, 0.1) is 11.8 Å². The molecule has 0 aromatic carbocycles. The fraction of sp³-hybridized carbons (Fsp3) is 0.929. The molecule has 1 heterocycles. The minimum Gasteiger partial charge on any atom is -0.481 e. The van der Waals surface area contributed by atoms with Crippen LogP contribution in [0.5, 0.6) is 0 Å². The van der Waals surface area contributed by atoms with E-state index in [1.807, 2.05) is 0 Å². The van der Waals surface area contributed by atoms with Gasteiger partial charge in [0.05, 0.1) is 6.54 Å². The second kappa shape index (κ2) is 8.52. The van der Waals surface area contributed by atoms with Gasteiger partial charge in [-0.05, 0) is 24.7 Å². The predicted molar refractivity (Wildman–Crippen MR) is 74.0 cm³/mol. The summed E-state index contributed by atoms with van der Waals surface area (Å²) in [5, 5.41) is 11.7. The summed E-state index contributed by atoms with van der Waals surface area (Å²) in [7, 11) is 0. The number of alkyl halides is 2. The molecule has 2 N–H and O–H groups in total. The first-order valence-electron chi connectivity index (χ1n) is 7.32. The number of halogens is 2. The van der Waals surface area contributed by atoms with Crippen LogP contribution < -0.4 is 5.32 Å². The van der Waals surface area contributed by atoms with Crippen molar-refractivity contribution in [2.45, 2.75) is 45.6 Å². The van der Waals surface area contributed by atoms with Gasteiger partial charge >= 0.3 is 5.97 Å². The van der Waals surface area contributed by atoms with E-state index in [9.17, 15) is 13.6 Å². The van der Waals surface area contributed by atoms with Gasteiger partial charge in [-0.15, -0.1) is 0 Å². The Balaban J connectivity index is 2.50. The van der Waals surface area contributed by atoms with Gasteiger partial charge in [-0.1, -0.05) is 13.8 Å². The number of piperidine rings is 1. The first kappa shape index (κ1) is 17.3. The van der Waals surface area contributed by atoms with Crippen LogP contribution >= 0.6 is 0 Å². The molecule has 0 bridgehead atoms. The topological polar surface area (TPSA) is 52.6 Å². The Morgan fingerprint density at radius 2 is 2.10 bits per heavy atom. The molecule has 0 radical (unpaired) electrons. The lowest BCUT2D eigenvalue weighted by atomic mass is 9.90. The smallest absolute Gasteiger partial charge is 0.303 e. The molecule has 2 atom stereocenters. The highest BCUT2D eigenvalue weighted by Gasteiger charge is 2.28. The molecule has 1 fully saturated rings. The van der Waals surface area contributed by atoms with Crippen LogP contribution in [0.3, 0.4) is 0 Å². The Morgan fingerprint density at radius 1 is 1.40 bits per heavy atom. The van der Waals surface area contributed by atoms with Gasteiger partial charge in [0.25, 0.3) is 6.43 Å². The Bertz CT molecular complexity index is 301. The van der Waals surface area contributed by atoms with E-state index in [-0.39, 0.29) is 24.9 Å². The summed E-state index contributed by atoms with van der Waals surface area (Å²) in [5.74, 6) is 0.000757. The van der Waals surface area contributed by atoms with Crippen LogP contribution in [0.25, 0.3) is 0 Å². The lowest BCUT2D eigenvalue weighted by Gasteiger charge is -2.39. The third-order valence-electron chi connectivity index (χ3n) is 3.56. The third kappa shape index (κ3) is 7.14. The fourth-order valence-electron chi connectivity index (χ4n) is 2.91. The number of carbonyl (C=O) groups is 1. The minimum absolute atomic E-state index is 0.0373. The van der Waals surface area contributed by atoms with E-state index in [1.54, 1.807) is 0 Å². The van der Waals surface area contributed by atoms with E-state index in [0.29, 0.717) is 12.3 Å². The van der Waals surface area contributed by atoms with Crippen molar-refractivity contribution in [3.63, 3.8) is 0 Å². The molecular formula is C14H26F2N2O2. The van der Waals surface area contributed by atoms with Gasteiger partial charge in [-0.25, -0.2) is 8.78 Å². The highest BCUT2D eigenvalue weighted by atomic mass is 19.3. The largest absolute Gasteiger partial charge is 0.481 e. The molecule has 4 nitrogen and oxygen atoms in total. The minimum atomic E-state index is -2.34. The Hall–Kier alpha value is -0.750. The molecule has 1 rings (SSSR count). The number of rotatable bonds is 8. The summed E-state index contributed by atoms with van der Waals surface area (Å²) in [6.45, 7) is 6.54. The summed E-state index contributed by atoms with van der Waals surface area (Å²) < 4.78 is 24.6. The molecule has 1 saturated heterocycles. The van der Waals surface area contributed by atoms with E-state index in [0.717, 1.165) is 26.1 Å². The van der Waals surface area contributed by atoms with Gasteiger partial charge in [-0.3, -0.25) is 4.79 Å². The third-order valence-corrected chi connectivity index (χ3v) is 3.56. The number of hydrogen-bond donors (Lipinski definition) is 2. The zero-order chi connectivity index (χ0) is 15.1. The van der Waals surface area contributed by atoms with Crippen molar-refractivity contribution < 1.29 is 18.7 Å². The molecule has 0 aromatic heterocycles. The highest BCUT2D eigenvalue weighted by molar-refractivity contribution is 5.66. The van der Waals surface area contributed by atoms with Gasteiger partial charge in [0.2, 0.25) is 0 Å². The van der Waals surface area contributed by atoms with Crippen molar-refractivity contribution in [3.8, 4) is 0 Å². The average Bonchev–Trinajstić information content (AvgIpc) is 2.33. The molecule has 0 aliphatic carbocycles. The number of hydrogen-bond acceptors (Lipinski definition) is 3. The van der Waals surface area contributed by atoms with Gasteiger partial charge in [0.1, 0.15) is 0 Å². The lowest BCUT2D eigenvalue weighted by molar-refractivity contribution is -0.137. The van der Waals surface area contributed by atoms with E-state index >= 15 is 0 Å². The van der Waals surface area contributed by atoms with E-state index < -0.39 is 12.4 Å². The van der Waals surface area contributed by atoms with Crippen molar-refractivity contribution >= 4 is 5.97 Å². The molecule has 1 aliphatic heterocycles. The molecule has 0 aromatic rings. The van der Waals surface area contributed by atoms with Gasteiger partial charge in [0, 0.05) is 32.1 Å². The molecule has 2 unspecified atom stereocenters. The van der Waals surface area contributed by atoms with Crippen LogP contribution in [-0.2, 0) is 4.79 Å². The van der Waals surface area contributed by atoms with Crippen molar-refractivity contribution in [1.29, 1.82) is 0 Å². The van der Waals surface area contributed by atoms with Gasteiger partial charge < -0.3 is 15.3 Å². The summed E-state index contributed by atoms with van der Waals surface area (Å²) in [5.41, 5.74) is 0. The van der Waals surface area contributed by atoms with E-state index in [2.05, 4.69) is 24.1 Å². The van der Waals surface area contributed by atoms with Crippen LogP contribution in [0.2, 0.25) is 0 Å². The Labute approximate surface area is 119 Å². The highest BCUT2D eigenvalue weighted by Crippen LogP contribution is 2.22. The average molecular weight is 292 g/mol. The van der Waals surface area contributed by atoms with Crippen LogP contribution in [0.4, 0.5) is 8.78 Å². The molecule has 1 aliphatic rings. The lowest BCUT2D eigenvalue weighted by Crippen LogP contribution is -2.51. The molecule has 6 heteroatoms. The normalized spacial score (nSPS) is 24.5. The summed E-state index contributed by atoms with van der Waals surface area (Å²) in [6.07, 6.45) is -0.777. The quantitative estimate of drug-likeness (QED) is 0.719. The van der Waals surface area contributed by atoms with E-state index in [1.165, 1.54) is 0 Å². The van der Waals surface area contributed by atoms with Gasteiger partial charge in [0.15, 0.2) is 0 Å². The molecule has 0 amide bonds. The maximum Gasteiger partial charge on any atom is 0.303 e. The van der Waals surface area contributed by atoms with E-state index in [4.69, 9.17) is 5.11 Å². The molecule has 20 heavy (non-hydrogen) atoms. The molecule has 118 valence electrons. The number of aliphatic carboxylic acids is 1. The number of carboxylic acid groups (broad SMARTS) is 1. The maximum absolute atomic E-state index is 12.3. The second-order valence-electron chi connectivity index (χ2n) is 6.14.